The molecule has 1 aromatic heterocycles. The topological polar surface area (TPSA) is 110 Å². The van der Waals surface area contributed by atoms with Crippen LogP contribution in [0.25, 0.3) is 0 Å². The van der Waals surface area contributed by atoms with Crippen molar-refractivity contribution in [3.8, 4) is 0 Å². The summed E-state index contributed by atoms with van der Waals surface area (Å²) in [6.07, 6.45) is 1.35. The van der Waals surface area contributed by atoms with Gasteiger partial charge in [-0.25, -0.2) is 14.8 Å². The minimum Gasteiger partial charge on any atom is -0.364 e. The molecule has 3 amide bonds. The molecule has 0 spiro atoms. The molecule has 4 N–H and O–H groups in total. The smallest absolute Gasteiger partial charge is 0.321 e. The van der Waals surface area contributed by atoms with Crippen molar-refractivity contribution in [3.05, 3.63) is 18.0 Å². The quantitative estimate of drug-likeness (QED) is 0.675. The van der Waals surface area contributed by atoms with Crippen LogP contribution >= 0.6 is 0 Å². The molecule has 0 radical (unpaired) electrons. The van der Waals surface area contributed by atoms with Crippen molar-refractivity contribution in [2.45, 2.75) is 19.9 Å². The monoisotopic (exact) mass is 223 g/mol. The van der Waals surface area contributed by atoms with Crippen molar-refractivity contribution < 1.29 is 9.59 Å². The number of aromatic nitrogens is 2. The van der Waals surface area contributed by atoms with Gasteiger partial charge in [-0.15, -0.1) is 0 Å². The molecule has 0 aromatic carbocycles. The number of carbonyl (C=O) groups excluding carboxylic acids is 2. The summed E-state index contributed by atoms with van der Waals surface area (Å²) in [5.74, 6) is -0.635. The van der Waals surface area contributed by atoms with Crippen molar-refractivity contribution >= 4 is 17.9 Å². The summed E-state index contributed by atoms with van der Waals surface area (Å²) < 4.78 is 0. The second kappa shape index (κ2) is 5.06. The number of nitrogens with two attached hydrogens (primary N) is 1. The van der Waals surface area contributed by atoms with E-state index in [1.54, 1.807) is 0 Å². The molecule has 0 aliphatic heterocycles. The maximum absolute atomic E-state index is 11.3. The van der Waals surface area contributed by atoms with Gasteiger partial charge in [-0.3, -0.25) is 10.1 Å². The van der Waals surface area contributed by atoms with Crippen LogP contribution in [0, 0.1) is 0 Å². The third-order valence-electron chi connectivity index (χ3n) is 1.55. The van der Waals surface area contributed by atoms with E-state index in [-0.39, 0.29) is 17.7 Å². The predicted molar refractivity (Wildman–Crippen MR) is 57.8 cm³/mol. The molecule has 0 saturated heterocycles. The van der Waals surface area contributed by atoms with Gasteiger partial charge in [-0.2, -0.15) is 0 Å². The molecule has 0 bridgehead atoms. The van der Waals surface area contributed by atoms with Crippen LogP contribution in [0.2, 0.25) is 0 Å². The van der Waals surface area contributed by atoms with Crippen LogP contribution in [-0.4, -0.2) is 27.9 Å². The van der Waals surface area contributed by atoms with E-state index >= 15 is 0 Å². The van der Waals surface area contributed by atoms with Crippen molar-refractivity contribution in [3.63, 3.8) is 0 Å². The fourth-order valence-electron chi connectivity index (χ4n) is 0.956. The van der Waals surface area contributed by atoms with E-state index in [2.05, 4.69) is 20.6 Å². The van der Waals surface area contributed by atoms with Gasteiger partial charge < -0.3 is 11.1 Å². The largest absolute Gasteiger partial charge is 0.364 e. The number of anilines is 1. The third-order valence-corrected chi connectivity index (χ3v) is 1.55. The lowest BCUT2D eigenvalue weighted by Crippen LogP contribution is -2.34. The van der Waals surface area contributed by atoms with E-state index in [4.69, 9.17) is 5.73 Å². The highest BCUT2D eigenvalue weighted by atomic mass is 16.2. The summed E-state index contributed by atoms with van der Waals surface area (Å²) in [6, 6.07) is 0.935. The zero-order chi connectivity index (χ0) is 12.1. The molecular weight excluding hydrogens is 210 g/mol. The summed E-state index contributed by atoms with van der Waals surface area (Å²) >= 11 is 0. The third kappa shape index (κ3) is 3.52. The molecule has 0 aliphatic carbocycles. The minimum absolute atomic E-state index is 0.000627. The number of carbonyl (C=O) groups is 2. The molecule has 0 saturated carbocycles. The summed E-state index contributed by atoms with van der Waals surface area (Å²) in [7, 11) is 0. The van der Waals surface area contributed by atoms with Gasteiger partial charge in [0.2, 0.25) is 5.95 Å². The lowest BCUT2D eigenvalue weighted by Gasteiger charge is -2.08. The Hall–Kier alpha value is -2.18. The highest BCUT2D eigenvalue weighted by Crippen LogP contribution is 1.99. The van der Waals surface area contributed by atoms with Crippen LogP contribution in [0.15, 0.2) is 12.3 Å². The van der Waals surface area contributed by atoms with Gasteiger partial charge in [0, 0.05) is 12.2 Å². The van der Waals surface area contributed by atoms with E-state index in [1.165, 1.54) is 12.3 Å². The number of hydrogen-bond donors (Lipinski definition) is 3. The molecule has 1 heterocycles. The molecule has 0 unspecified atom stereocenters. The molecule has 86 valence electrons. The highest BCUT2D eigenvalue weighted by Gasteiger charge is 2.07. The number of amides is 3. The van der Waals surface area contributed by atoms with Crippen LogP contribution < -0.4 is 16.4 Å². The molecule has 16 heavy (non-hydrogen) atoms. The number of primary amides is 1. The van der Waals surface area contributed by atoms with E-state index < -0.39 is 11.9 Å². The molecule has 7 nitrogen and oxygen atoms in total. The normalized spacial score (nSPS) is 9.94. The standard InChI is InChI=1S/C9H13N5O2/c1-5(2)12-9(16)14-8-11-4-3-6(13-8)7(10)15/h3-5H,1-2H3,(H2,10,15)(H2,11,12,13,14,16). The second-order valence-corrected chi connectivity index (χ2v) is 3.38. The fraction of sp³-hybridized carbons (Fsp3) is 0.333. The van der Waals surface area contributed by atoms with E-state index in [0.717, 1.165) is 0 Å². The average molecular weight is 223 g/mol. The number of hydrogen-bond acceptors (Lipinski definition) is 4. The number of nitrogens with one attached hydrogen (secondary N) is 2. The molecule has 0 fully saturated rings. The Balaban J connectivity index is 2.70. The van der Waals surface area contributed by atoms with Gasteiger partial charge in [-0.05, 0) is 19.9 Å². The second-order valence-electron chi connectivity index (χ2n) is 3.38. The lowest BCUT2D eigenvalue weighted by molar-refractivity contribution is 0.0995. The molecule has 0 aliphatic rings. The van der Waals surface area contributed by atoms with Gasteiger partial charge in [-0.1, -0.05) is 0 Å². The van der Waals surface area contributed by atoms with E-state index in [1.807, 2.05) is 13.8 Å². The van der Waals surface area contributed by atoms with E-state index in [0.29, 0.717) is 0 Å². The maximum atomic E-state index is 11.3. The Morgan fingerprint density at radius 3 is 2.69 bits per heavy atom. The molecule has 1 rings (SSSR count). The molecular formula is C9H13N5O2. The van der Waals surface area contributed by atoms with Crippen molar-refractivity contribution in [1.82, 2.24) is 15.3 Å². The number of rotatable bonds is 3. The Morgan fingerprint density at radius 1 is 1.44 bits per heavy atom. The van der Waals surface area contributed by atoms with Crippen molar-refractivity contribution in [2.75, 3.05) is 5.32 Å². The lowest BCUT2D eigenvalue weighted by atomic mass is 10.4. The first kappa shape index (κ1) is 11.9. The highest BCUT2D eigenvalue weighted by molar-refractivity contribution is 5.92. The van der Waals surface area contributed by atoms with Gasteiger partial charge in [0.15, 0.2) is 0 Å². The number of nitrogens with zero attached hydrogens (tertiary/aromatic N) is 2. The molecule has 7 heteroatoms. The first-order chi connectivity index (χ1) is 7.49. The predicted octanol–water partition coefficient (Wildman–Crippen LogP) is 0.105. The average Bonchev–Trinajstić information content (AvgIpc) is 2.16. The Bertz CT molecular complexity index is 405. The minimum atomic E-state index is -0.672. The van der Waals surface area contributed by atoms with Gasteiger partial charge in [0.25, 0.3) is 5.91 Å². The first-order valence-corrected chi connectivity index (χ1v) is 4.69. The SMILES string of the molecule is CC(C)NC(=O)Nc1nccc(C(N)=O)n1. The summed E-state index contributed by atoms with van der Waals surface area (Å²) in [4.78, 5) is 29.6. The van der Waals surface area contributed by atoms with Crippen LogP contribution in [-0.2, 0) is 0 Å². The van der Waals surface area contributed by atoms with E-state index in [9.17, 15) is 9.59 Å². The fourth-order valence-corrected chi connectivity index (χ4v) is 0.956. The van der Waals surface area contributed by atoms with Gasteiger partial charge in [0.1, 0.15) is 5.69 Å². The van der Waals surface area contributed by atoms with Crippen molar-refractivity contribution in [2.24, 2.45) is 5.73 Å². The Kier molecular flexibility index (Phi) is 3.76. The molecule has 1 aromatic rings. The van der Waals surface area contributed by atoms with Crippen molar-refractivity contribution in [1.29, 1.82) is 0 Å². The summed E-state index contributed by atoms with van der Waals surface area (Å²) in [6.45, 7) is 3.64. The van der Waals surface area contributed by atoms with Crippen LogP contribution in [0.5, 0.6) is 0 Å². The summed E-state index contributed by atoms with van der Waals surface area (Å²) in [5, 5.41) is 4.98. The molecule has 0 atom stereocenters. The van der Waals surface area contributed by atoms with Gasteiger partial charge >= 0.3 is 6.03 Å². The Labute approximate surface area is 92.5 Å². The van der Waals surface area contributed by atoms with Gasteiger partial charge in [0.05, 0.1) is 0 Å². The Morgan fingerprint density at radius 2 is 2.12 bits per heavy atom. The van der Waals surface area contributed by atoms with Crippen LogP contribution in [0.1, 0.15) is 24.3 Å². The zero-order valence-electron chi connectivity index (χ0n) is 9.02. The number of urea groups is 1. The van der Waals surface area contributed by atoms with Crippen LogP contribution in [0.3, 0.4) is 0 Å². The first-order valence-electron chi connectivity index (χ1n) is 4.69. The zero-order valence-corrected chi connectivity index (χ0v) is 9.02. The maximum Gasteiger partial charge on any atom is 0.321 e. The summed E-state index contributed by atoms with van der Waals surface area (Å²) in [5.41, 5.74) is 5.09. The van der Waals surface area contributed by atoms with Crippen LogP contribution in [0.4, 0.5) is 10.7 Å².